The second-order valence-corrected chi connectivity index (χ2v) is 5.61. The van der Waals surface area contributed by atoms with E-state index in [-0.39, 0.29) is 30.0 Å². The van der Waals surface area contributed by atoms with E-state index >= 15 is 0 Å². The number of amides is 1. The first-order chi connectivity index (χ1) is 12.2. The van der Waals surface area contributed by atoms with E-state index in [1.165, 1.54) is 16.9 Å². The molecular weight excluding hydrogens is 321 g/mol. The Morgan fingerprint density at radius 3 is 2.72 bits per heavy atom. The molecule has 2 heterocycles. The molecule has 7 heteroatoms. The number of nitrogens with one attached hydrogen (secondary N) is 1. The topological polar surface area (TPSA) is 72.7 Å². The maximum Gasteiger partial charge on any atom is 0.273 e. The molecule has 0 aliphatic heterocycles. The van der Waals surface area contributed by atoms with Crippen molar-refractivity contribution in [3.8, 4) is 0 Å². The highest BCUT2D eigenvalue weighted by Gasteiger charge is 2.17. The van der Waals surface area contributed by atoms with Gasteiger partial charge in [0.05, 0.1) is 18.8 Å². The van der Waals surface area contributed by atoms with Crippen LogP contribution in [0.1, 0.15) is 41.0 Å². The van der Waals surface area contributed by atoms with Gasteiger partial charge in [0.25, 0.3) is 5.91 Å². The average molecular weight is 339 g/mol. The zero-order valence-corrected chi connectivity index (χ0v) is 13.8. The number of rotatable bonds is 6. The van der Waals surface area contributed by atoms with E-state index in [0.29, 0.717) is 5.56 Å². The molecule has 0 unspecified atom stereocenters. The summed E-state index contributed by atoms with van der Waals surface area (Å²) in [6.07, 6.45) is 5.63. The van der Waals surface area contributed by atoms with Crippen LogP contribution in [-0.2, 0) is 6.54 Å². The predicted octanol–water partition coefficient (Wildman–Crippen LogP) is 2.74. The number of benzene rings is 1. The lowest BCUT2D eigenvalue weighted by Crippen LogP contribution is -2.28. The maximum atomic E-state index is 13.7. The Balaban J connectivity index is 1.69. The number of carbonyl (C=O) groups is 1. The molecule has 0 aliphatic carbocycles. The molecule has 25 heavy (non-hydrogen) atoms. The van der Waals surface area contributed by atoms with Gasteiger partial charge in [0.2, 0.25) is 0 Å². The standard InChI is InChI=1S/C18H18FN5O/c1-2-16(13-7-9-20-10-8-13)21-18(25)17-12-24(23-22-17)11-14-5-3-4-6-15(14)19/h3-10,12,16H,2,11H2,1H3,(H,21,25)/t16-/m0/s1. The van der Waals surface area contributed by atoms with Crippen LogP contribution in [0, 0.1) is 5.82 Å². The van der Waals surface area contributed by atoms with Crippen molar-refractivity contribution in [2.45, 2.75) is 25.9 Å². The minimum absolute atomic E-state index is 0.132. The van der Waals surface area contributed by atoms with E-state index in [9.17, 15) is 9.18 Å². The number of hydrogen-bond donors (Lipinski definition) is 1. The van der Waals surface area contributed by atoms with Crippen LogP contribution in [0.25, 0.3) is 0 Å². The van der Waals surface area contributed by atoms with E-state index in [1.807, 2.05) is 19.1 Å². The molecule has 0 saturated heterocycles. The van der Waals surface area contributed by atoms with Crippen molar-refractivity contribution >= 4 is 5.91 Å². The molecule has 3 aromatic rings. The van der Waals surface area contributed by atoms with Gasteiger partial charge in [-0.15, -0.1) is 5.10 Å². The number of aromatic nitrogens is 4. The van der Waals surface area contributed by atoms with Crippen molar-refractivity contribution in [1.29, 1.82) is 0 Å². The zero-order chi connectivity index (χ0) is 17.6. The minimum atomic E-state index is -0.316. The Morgan fingerprint density at radius 1 is 1.24 bits per heavy atom. The first-order valence-electron chi connectivity index (χ1n) is 8.01. The third-order valence-corrected chi connectivity index (χ3v) is 3.88. The Morgan fingerprint density at radius 2 is 2.00 bits per heavy atom. The first kappa shape index (κ1) is 16.8. The van der Waals surface area contributed by atoms with Gasteiger partial charge in [-0.05, 0) is 30.2 Å². The molecule has 1 atom stereocenters. The molecule has 0 spiro atoms. The number of carbonyl (C=O) groups excluding carboxylic acids is 1. The molecule has 128 valence electrons. The molecule has 6 nitrogen and oxygen atoms in total. The molecule has 1 N–H and O–H groups in total. The van der Waals surface area contributed by atoms with Crippen LogP contribution < -0.4 is 5.32 Å². The van der Waals surface area contributed by atoms with Gasteiger partial charge < -0.3 is 5.32 Å². The van der Waals surface area contributed by atoms with Gasteiger partial charge in [-0.25, -0.2) is 9.07 Å². The van der Waals surface area contributed by atoms with Crippen LogP contribution in [-0.4, -0.2) is 25.9 Å². The number of hydrogen-bond acceptors (Lipinski definition) is 4. The highest BCUT2D eigenvalue weighted by Crippen LogP contribution is 2.16. The summed E-state index contributed by atoms with van der Waals surface area (Å²) in [7, 11) is 0. The summed E-state index contributed by atoms with van der Waals surface area (Å²) < 4.78 is 15.1. The highest BCUT2D eigenvalue weighted by atomic mass is 19.1. The van der Waals surface area contributed by atoms with Crippen molar-refractivity contribution in [2.75, 3.05) is 0 Å². The van der Waals surface area contributed by atoms with Crippen molar-refractivity contribution in [3.63, 3.8) is 0 Å². The molecule has 0 bridgehead atoms. The number of pyridine rings is 1. The molecule has 2 aromatic heterocycles. The van der Waals surface area contributed by atoms with Gasteiger partial charge in [-0.2, -0.15) is 0 Å². The molecule has 0 fully saturated rings. The highest BCUT2D eigenvalue weighted by molar-refractivity contribution is 5.92. The maximum absolute atomic E-state index is 13.7. The SMILES string of the molecule is CC[C@H](NC(=O)c1cn(Cc2ccccc2F)nn1)c1ccncc1. The largest absolute Gasteiger partial charge is 0.344 e. The summed E-state index contributed by atoms with van der Waals surface area (Å²) in [6, 6.07) is 10.0. The third-order valence-electron chi connectivity index (χ3n) is 3.88. The van der Waals surface area contributed by atoms with Gasteiger partial charge in [0, 0.05) is 18.0 Å². The van der Waals surface area contributed by atoms with Gasteiger partial charge in [-0.3, -0.25) is 9.78 Å². The van der Waals surface area contributed by atoms with E-state index in [2.05, 4.69) is 20.6 Å². The Labute approximate surface area is 144 Å². The third kappa shape index (κ3) is 4.06. The van der Waals surface area contributed by atoms with E-state index in [1.54, 1.807) is 30.6 Å². The summed E-state index contributed by atoms with van der Waals surface area (Å²) >= 11 is 0. The summed E-state index contributed by atoms with van der Waals surface area (Å²) in [4.78, 5) is 16.4. The Hall–Kier alpha value is -3.09. The average Bonchev–Trinajstić information content (AvgIpc) is 3.11. The quantitative estimate of drug-likeness (QED) is 0.749. The first-order valence-corrected chi connectivity index (χ1v) is 8.01. The fourth-order valence-corrected chi connectivity index (χ4v) is 2.53. The van der Waals surface area contributed by atoms with Crippen molar-refractivity contribution < 1.29 is 9.18 Å². The van der Waals surface area contributed by atoms with Crippen LogP contribution in [0.2, 0.25) is 0 Å². The molecule has 0 radical (unpaired) electrons. The van der Waals surface area contributed by atoms with Crippen molar-refractivity contribution in [3.05, 3.63) is 77.6 Å². The summed E-state index contributed by atoms with van der Waals surface area (Å²) in [5.41, 5.74) is 1.66. The van der Waals surface area contributed by atoms with E-state index in [4.69, 9.17) is 0 Å². The van der Waals surface area contributed by atoms with Crippen LogP contribution >= 0.6 is 0 Å². The Bertz CT molecular complexity index is 849. The molecule has 3 rings (SSSR count). The fraction of sp³-hybridized carbons (Fsp3) is 0.222. The number of halogens is 1. The summed E-state index contributed by atoms with van der Waals surface area (Å²) in [5, 5.41) is 10.7. The summed E-state index contributed by atoms with van der Waals surface area (Å²) in [5.74, 6) is -0.629. The zero-order valence-electron chi connectivity index (χ0n) is 13.8. The lowest BCUT2D eigenvalue weighted by molar-refractivity contribution is 0.0930. The van der Waals surface area contributed by atoms with Gasteiger partial charge in [-0.1, -0.05) is 30.3 Å². The fourth-order valence-electron chi connectivity index (χ4n) is 2.53. The number of nitrogens with zero attached hydrogens (tertiary/aromatic N) is 4. The Kier molecular flexibility index (Phi) is 5.13. The molecule has 0 saturated carbocycles. The van der Waals surface area contributed by atoms with Crippen molar-refractivity contribution in [2.24, 2.45) is 0 Å². The van der Waals surface area contributed by atoms with Crippen LogP contribution in [0.3, 0.4) is 0 Å². The van der Waals surface area contributed by atoms with Crippen LogP contribution in [0.15, 0.2) is 55.0 Å². The van der Waals surface area contributed by atoms with Crippen LogP contribution in [0.5, 0.6) is 0 Å². The summed E-state index contributed by atoms with van der Waals surface area (Å²) in [6.45, 7) is 2.20. The molecule has 0 aliphatic rings. The van der Waals surface area contributed by atoms with Gasteiger partial charge in [0.1, 0.15) is 5.82 Å². The second kappa shape index (κ2) is 7.65. The van der Waals surface area contributed by atoms with Gasteiger partial charge in [0.15, 0.2) is 5.69 Å². The molecule has 1 aromatic carbocycles. The van der Waals surface area contributed by atoms with Gasteiger partial charge >= 0.3 is 0 Å². The smallest absolute Gasteiger partial charge is 0.273 e. The molecular formula is C18H18FN5O. The monoisotopic (exact) mass is 339 g/mol. The lowest BCUT2D eigenvalue weighted by Gasteiger charge is -2.16. The normalized spacial score (nSPS) is 11.9. The van der Waals surface area contributed by atoms with Crippen molar-refractivity contribution in [1.82, 2.24) is 25.3 Å². The van der Waals surface area contributed by atoms with E-state index < -0.39 is 0 Å². The van der Waals surface area contributed by atoms with Crippen LogP contribution in [0.4, 0.5) is 4.39 Å². The molecule has 1 amide bonds. The van der Waals surface area contributed by atoms with E-state index in [0.717, 1.165) is 12.0 Å². The predicted molar refractivity (Wildman–Crippen MR) is 90.3 cm³/mol. The lowest BCUT2D eigenvalue weighted by atomic mass is 10.1. The second-order valence-electron chi connectivity index (χ2n) is 5.61. The minimum Gasteiger partial charge on any atom is -0.344 e.